The van der Waals surface area contributed by atoms with Gasteiger partial charge in [0.1, 0.15) is 0 Å². The second-order valence-electron chi connectivity index (χ2n) is 5.57. The van der Waals surface area contributed by atoms with Crippen LogP contribution < -0.4 is 0 Å². The van der Waals surface area contributed by atoms with Crippen LogP contribution in [-0.4, -0.2) is 16.9 Å². The molecule has 1 nitrogen and oxygen atoms in total. The topological polar surface area (TPSA) is 20.2 Å². The Hall–Kier alpha value is -2.25. The van der Waals surface area contributed by atoms with Crippen molar-refractivity contribution in [2.75, 3.05) is 0 Å². The van der Waals surface area contributed by atoms with E-state index in [-0.39, 0.29) is 0 Å². The van der Waals surface area contributed by atoms with Crippen molar-refractivity contribution in [3.63, 3.8) is 0 Å². The van der Waals surface area contributed by atoms with E-state index in [1.165, 1.54) is 0 Å². The molecule has 1 N–H and O–H groups in total. The number of aliphatic hydroxyl groups is 1. The molecule has 0 saturated heterocycles. The standard InChI is InChI=1S/C19H17F3O/c1-18(23,19(20,21)22)14-17(16-10-6-3-7-11-16)13-12-15-8-4-2-5-9-15/h2-11,17,23H,14H2,1H3/t17-,18?/m1/s1. The summed E-state index contributed by atoms with van der Waals surface area (Å²) in [5, 5.41) is 9.79. The molecule has 0 aliphatic carbocycles. The van der Waals surface area contributed by atoms with E-state index in [1.54, 1.807) is 42.5 Å². The average molecular weight is 318 g/mol. The van der Waals surface area contributed by atoms with Crippen LogP contribution in [0.2, 0.25) is 0 Å². The minimum absolute atomic E-state index is 0.514. The Balaban J connectivity index is 2.33. The molecule has 4 heteroatoms. The van der Waals surface area contributed by atoms with E-state index < -0.39 is 24.1 Å². The van der Waals surface area contributed by atoms with E-state index in [1.807, 2.05) is 18.2 Å². The van der Waals surface area contributed by atoms with E-state index >= 15 is 0 Å². The molecule has 0 aliphatic rings. The van der Waals surface area contributed by atoms with E-state index in [2.05, 4.69) is 11.8 Å². The molecule has 2 aromatic rings. The van der Waals surface area contributed by atoms with Crippen LogP contribution in [0.25, 0.3) is 0 Å². The van der Waals surface area contributed by atoms with Crippen LogP contribution in [0.3, 0.4) is 0 Å². The minimum atomic E-state index is -4.70. The SMILES string of the molecule is CC(O)(C[C@@H](C#Cc1ccccc1)c1ccccc1)C(F)(F)F. The summed E-state index contributed by atoms with van der Waals surface area (Å²) in [5.74, 6) is 5.04. The van der Waals surface area contributed by atoms with E-state index in [4.69, 9.17) is 0 Å². The van der Waals surface area contributed by atoms with Gasteiger partial charge in [0, 0.05) is 17.9 Å². The number of hydrogen-bond donors (Lipinski definition) is 1. The molecule has 0 amide bonds. The third-order valence-electron chi connectivity index (χ3n) is 3.58. The fourth-order valence-corrected chi connectivity index (χ4v) is 2.14. The molecule has 0 radical (unpaired) electrons. The molecule has 2 rings (SSSR count). The Bertz CT molecular complexity index is 679. The van der Waals surface area contributed by atoms with Crippen molar-refractivity contribution in [1.29, 1.82) is 0 Å². The summed E-state index contributed by atoms with van der Waals surface area (Å²) >= 11 is 0. The van der Waals surface area contributed by atoms with E-state index in [0.29, 0.717) is 5.56 Å². The molecule has 2 atom stereocenters. The molecule has 0 aromatic heterocycles. The number of hydrogen-bond acceptors (Lipinski definition) is 1. The minimum Gasteiger partial charge on any atom is -0.381 e. The second kappa shape index (κ2) is 6.89. The van der Waals surface area contributed by atoms with Crippen molar-refractivity contribution in [1.82, 2.24) is 0 Å². The Morgan fingerprint density at radius 3 is 2.00 bits per heavy atom. The first-order valence-corrected chi connectivity index (χ1v) is 7.20. The van der Waals surface area contributed by atoms with E-state index in [9.17, 15) is 18.3 Å². The number of rotatable bonds is 3. The van der Waals surface area contributed by atoms with Crippen LogP contribution in [0.4, 0.5) is 13.2 Å². The van der Waals surface area contributed by atoms with Gasteiger partial charge in [-0.05, 0) is 24.6 Å². The molecule has 120 valence electrons. The molecule has 0 saturated carbocycles. The highest BCUT2D eigenvalue weighted by Gasteiger charge is 2.50. The maximum atomic E-state index is 13.0. The molecule has 0 bridgehead atoms. The summed E-state index contributed by atoms with van der Waals surface area (Å²) in [4.78, 5) is 0. The maximum Gasteiger partial charge on any atom is 0.416 e. The quantitative estimate of drug-likeness (QED) is 0.825. The van der Waals surface area contributed by atoms with Gasteiger partial charge in [0.25, 0.3) is 0 Å². The van der Waals surface area contributed by atoms with Gasteiger partial charge in [0.05, 0.1) is 0 Å². The predicted octanol–water partition coefficient (Wildman–Crippen LogP) is 4.53. The average Bonchev–Trinajstić information content (AvgIpc) is 2.52. The molecule has 0 heterocycles. The lowest BCUT2D eigenvalue weighted by Gasteiger charge is -2.28. The van der Waals surface area contributed by atoms with Crippen LogP contribution in [0, 0.1) is 11.8 Å². The number of alkyl halides is 3. The predicted molar refractivity (Wildman–Crippen MR) is 83.8 cm³/mol. The van der Waals surface area contributed by atoms with Gasteiger partial charge < -0.3 is 5.11 Å². The summed E-state index contributed by atoms with van der Waals surface area (Å²) in [7, 11) is 0. The summed E-state index contributed by atoms with van der Waals surface area (Å²) in [5.41, 5.74) is -1.42. The smallest absolute Gasteiger partial charge is 0.381 e. The van der Waals surface area contributed by atoms with Gasteiger partial charge in [-0.1, -0.05) is 60.4 Å². The number of halogens is 3. The Kier molecular flexibility index (Phi) is 5.12. The number of benzene rings is 2. The van der Waals surface area contributed by atoms with Gasteiger partial charge in [0.15, 0.2) is 5.60 Å². The zero-order valence-corrected chi connectivity index (χ0v) is 12.6. The van der Waals surface area contributed by atoms with Crippen molar-refractivity contribution in [3.8, 4) is 11.8 Å². The first-order valence-electron chi connectivity index (χ1n) is 7.20. The highest BCUT2D eigenvalue weighted by molar-refractivity contribution is 5.38. The van der Waals surface area contributed by atoms with Crippen LogP contribution >= 0.6 is 0 Å². The normalized spacial score (nSPS) is 15.2. The van der Waals surface area contributed by atoms with Gasteiger partial charge in [0.2, 0.25) is 0 Å². The summed E-state index contributed by atoms with van der Waals surface area (Å²) in [6, 6.07) is 17.8. The van der Waals surface area contributed by atoms with Gasteiger partial charge in [-0.2, -0.15) is 13.2 Å². The molecular weight excluding hydrogens is 301 g/mol. The van der Waals surface area contributed by atoms with Crippen molar-refractivity contribution >= 4 is 0 Å². The molecule has 2 aromatic carbocycles. The Labute approximate surface area is 133 Å². The first kappa shape index (κ1) is 17.1. The van der Waals surface area contributed by atoms with Crippen molar-refractivity contribution in [2.45, 2.75) is 31.0 Å². The second-order valence-corrected chi connectivity index (χ2v) is 5.57. The van der Waals surface area contributed by atoms with Crippen molar-refractivity contribution in [3.05, 3.63) is 71.8 Å². The van der Waals surface area contributed by atoms with Crippen LogP contribution in [0.1, 0.15) is 30.4 Å². The summed E-state index contributed by atoms with van der Waals surface area (Å²) < 4.78 is 38.9. The molecule has 23 heavy (non-hydrogen) atoms. The zero-order chi connectivity index (χ0) is 16.9. The van der Waals surface area contributed by atoms with Crippen LogP contribution in [0.5, 0.6) is 0 Å². The maximum absolute atomic E-state index is 13.0. The third kappa shape index (κ3) is 4.61. The Morgan fingerprint density at radius 2 is 1.48 bits per heavy atom. The van der Waals surface area contributed by atoms with Gasteiger partial charge in [-0.3, -0.25) is 0 Å². The third-order valence-corrected chi connectivity index (χ3v) is 3.58. The fraction of sp³-hybridized carbons (Fsp3) is 0.263. The molecular formula is C19H17F3O. The lowest BCUT2D eigenvalue weighted by molar-refractivity contribution is -0.255. The molecule has 1 unspecified atom stereocenters. The molecule has 0 fully saturated rings. The lowest BCUT2D eigenvalue weighted by atomic mass is 9.86. The van der Waals surface area contributed by atoms with Gasteiger partial charge >= 0.3 is 6.18 Å². The lowest BCUT2D eigenvalue weighted by Crippen LogP contribution is -2.43. The van der Waals surface area contributed by atoms with Crippen LogP contribution in [-0.2, 0) is 0 Å². The highest BCUT2D eigenvalue weighted by atomic mass is 19.4. The monoisotopic (exact) mass is 318 g/mol. The highest BCUT2D eigenvalue weighted by Crippen LogP contribution is 2.37. The fourth-order valence-electron chi connectivity index (χ4n) is 2.14. The van der Waals surface area contributed by atoms with Crippen molar-refractivity contribution < 1.29 is 18.3 Å². The summed E-state index contributed by atoms with van der Waals surface area (Å²) in [6.07, 6.45) is -5.21. The van der Waals surface area contributed by atoms with Crippen molar-refractivity contribution in [2.24, 2.45) is 0 Å². The van der Waals surface area contributed by atoms with Crippen LogP contribution in [0.15, 0.2) is 60.7 Å². The summed E-state index contributed by atoms with van der Waals surface area (Å²) in [6.45, 7) is 0.785. The molecule has 0 aliphatic heterocycles. The van der Waals surface area contributed by atoms with Gasteiger partial charge in [-0.15, -0.1) is 0 Å². The largest absolute Gasteiger partial charge is 0.416 e. The van der Waals surface area contributed by atoms with Gasteiger partial charge in [-0.25, -0.2) is 0 Å². The molecule has 0 spiro atoms. The zero-order valence-electron chi connectivity index (χ0n) is 12.6. The van der Waals surface area contributed by atoms with E-state index in [0.717, 1.165) is 12.5 Å². The Morgan fingerprint density at radius 1 is 0.957 bits per heavy atom. The first-order chi connectivity index (χ1) is 10.8.